The molecule has 2 bridgehead atoms. The Balaban J connectivity index is 0.989. The highest BCUT2D eigenvalue weighted by molar-refractivity contribution is 8.03. The third-order valence-electron chi connectivity index (χ3n) is 10.2. The van der Waals surface area contributed by atoms with E-state index in [-0.39, 0.29) is 58.6 Å². The fraction of sp³-hybridized carbons (Fsp3) is 0.731. The number of nitrogens with one attached hydrogen (secondary N) is 3. The molecule has 2 unspecified atom stereocenters. The minimum atomic E-state index is -1.13. The lowest BCUT2D eigenvalue weighted by molar-refractivity contribution is -0.158. The number of tetrazole rings is 1. The number of carbonyl (C=O) groups excluding carboxylic acids is 3. The number of fused-ring (bicyclic) bond motifs is 2. The number of hydrogen-bond donors (Lipinski definition) is 4. The van der Waals surface area contributed by atoms with Gasteiger partial charge in [0.25, 0.3) is 0 Å². The number of aliphatic carboxylic acids is 1. The first-order chi connectivity index (χ1) is 19.6. The lowest BCUT2D eigenvalue weighted by Gasteiger charge is -2.47. The van der Waals surface area contributed by atoms with Gasteiger partial charge in [-0.25, -0.2) is 9.48 Å². The van der Waals surface area contributed by atoms with Gasteiger partial charge in [-0.05, 0) is 42.5 Å². The van der Waals surface area contributed by atoms with Crippen LogP contribution >= 0.6 is 11.8 Å². The molecule has 1 spiro atoms. The van der Waals surface area contributed by atoms with Crippen molar-refractivity contribution < 1.29 is 24.3 Å². The molecule has 5 fully saturated rings. The average molecular weight is 586 g/mol. The Morgan fingerprint density at radius 2 is 2.12 bits per heavy atom. The Morgan fingerprint density at radius 3 is 2.83 bits per heavy atom. The van der Waals surface area contributed by atoms with Crippen molar-refractivity contribution in [2.45, 2.75) is 69.1 Å². The molecule has 4 saturated heterocycles. The summed E-state index contributed by atoms with van der Waals surface area (Å²) in [5.74, 6) is -1.77. The molecule has 5 aliphatic heterocycles. The van der Waals surface area contributed by atoms with Gasteiger partial charge in [-0.2, -0.15) is 0 Å². The zero-order chi connectivity index (χ0) is 28.6. The fourth-order valence-corrected chi connectivity index (χ4v) is 9.80. The molecule has 9 atom stereocenters. The Bertz CT molecular complexity index is 1320. The summed E-state index contributed by atoms with van der Waals surface area (Å²) in [5, 5.41) is 30.7. The van der Waals surface area contributed by atoms with E-state index in [1.165, 1.54) is 34.1 Å². The summed E-state index contributed by atoms with van der Waals surface area (Å²) in [6, 6.07) is -0.505. The van der Waals surface area contributed by atoms with Crippen molar-refractivity contribution in [1.82, 2.24) is 46.0 Å². The Labute approximate surface area is 241 Å². The standard InChI is InChI=1S/C26H35N9O5S/c1-12-20-19(13(2)30-18(36)8-34-11-29-31-32-34)24(38)35(20)21(25(39)40)22(12)41-16-4-17(27-6-16)23(37)33-7-14-3-15-5-26(14,10-33)9-28-15/h11-17,19-20,27-28H,3-10H2,1-2H3,(H,30,36)(H,39,40)/t12-,13?,14?,15+,16+,17+,19-,20-,26-/m1/s1. The molecule has 7 rings (SSSR count). The van der Waals surface area contributed by atoms with Crippen molar-refractivity contribution in [3.05, 3.63) is 16.9 Å². The molecule has 4 N–H and O–H groups in total. The lowest BCUT2D eigenvalue weighted by Crippen LogP contribution is -2.66. The largest absolute Gasteiger partial charge is 0.477 e. The monoisotopic (exact) mass is 585 g/mol. The first-order valence-electron chi connectivity index (χ1n) is 14.4. The number of hydrogen-bond acceptors (Lipinski definition) is 10. The summed E-state index contributed by atoms with van der Waals surface area (Å²) < 4.78 is 1.29. The maximum atomic E-state index is 13.5. The third kappa shape index (κ3) is 4.26. The highest BCUT2D eigenvalue weighted by Gasteiger charge is 2.61. The molecule has 220 valence electrons. The molecule has 15 heteroatoms. The van der Waals surface area contributed by atoms with Gasteiger partial charge in [0.2, 0.25) is 17.7 Å². The van der Waals surface area contributed by atoms with Gasteiger partial charge >= 0.3 is 5.97 Å². The van der Waals surface area contributed by atoms with Crippen LogP contribution in [0.4, 0.5) is 0 Å². The summed E-state index contributed by atoms with van der Waals surface area (Å²) in [5.41, 5.74) is 0.277. The lowest BCUT2D eigenvalue weighted by atomic mass is 9.78. The van der Waals surface area contributed by atoms with Crippen LogP contribution in [0, 0.1) is 23.2 Å². The van der Waals surface area contributed by atoms with Crippen LogP contribution in [0.25, 0.3) is 0 Å². The number of carboxylic acids is 1. The van der Waals surface area contributed by atoms with Gasteiger partial charge in [0.15, 0.2) is 0 Å². The third-order valence-corrected chi connectivity index (χ3v) is 11.7. The predicted molar refractivity (Wildman–Crippen MR) is 145 cm³/mol. The van der Waals surface area contributed by atoms with E-state index in [0.717, 1.165) is 26.1 Å². The number of β-lactam (4-membered cyclic amide) rings is 1. The Morgan fingerprint density at radius 1 is 1.29 bits per heavy atom. The van der Waals surface area contributed by atoms with E-state index in [1.807, 2.05) is 11.8 Å². The van der Waals surface area contributed by atoms with E-state index in [2.05, 4.69) is 31.5 Å². The van der Waals surface area contributed by atoms with Crippen LogP contribution in [0.15, 0.2) is 16.9 Å². The first-order valence-corrected chi connectivity index (χ1v) is 15.3. The predicted octanol–water partition coefficient (Wildman–Crippen LogP) is -1.38. The summed E-state index contributed by atoms with van der Waals surface area (Å²) in [4.78, 5) is 55.6. The van der Waals surface area contributed by atoms with E-state index in [9.17, 15) is 24.3 Å². The zero-order valence-electron chi connectivity index (χ0n) is 23.0. The van der Waals surface area contributed by atoms with E-state index < -0.39 is 17.9 Å². The number of amides is 3. The molecule has 1 aromatic rings. The molecule has 41 heavy (non-hydrogen) atoms. The van der Waals surface area contributed by atoms with Gasteiger partial charge in [-0.1, -0.05) is 6.92 Å². The number of carboxylic acid groups (broad SMARTS) is 1. The van der Waals surface area contributed by atoms with E-state index >= 15 is 0 Å². The second-order valence-corrected chi connectivity index (χ2v) is 14.0. The minimum Gasteiger partial charge on any atom is -0.477 e. The Hall–Kier alpha value is -3.04. The van der Waals surface area contributed by atoms with Gasteiger partial charge in [0.05, 0.1) is 18.0 Å². The molecule has 1 aromatic heterocycles. The maximum absolute atomic E-state index is 13.5. The quantitative estimate of drug-likeness (QED) is 0.265. The molecule has 6 heterocycles. The minimum absolute atomic E-state index is 0.0224. The number of carbonyl (C=O) groups is 4. The van der Waals surface area contributed by atoms with Gasteiger partial charge in [-0.15, -0.1) is 16.9 Å². The highest BCUT2D eigenvalue weighted by Crippen LogP contribution is 2.53. The zero-order valence-corrected chi connectivity index (χ0v) is 23.8. The van der Waals surface area contributed by atoms with Crippen molar-refractivity contribution in [2.24, 2.45) is 23.2 Å². The number of aromatic nitrogens is 4. The van der Waals surface area contributed by atoms with Crippen LogP contribution in [0.2, 0.25) is 0 Å². The van der Waals surface area contributed by atoms with Crippen LogP contribution in [-0.2, 0) is 25.7 Å². The molecule has 1 aliphatic carbocycles. The average Bonchev–Trinajstić information content (AvgIpc) is 3.75. The number of nitrogens with zero attached hydrogens (tertiary/aromatic N) is 6. The molecule has 3 amide bonds. The molecule has 0 radical (unpaired) electrons. The van der Waals surface area contributed by atoms with Crippen molar-refractivity contribution in [2.75, 3.05) is 26.2 Å². The summed E-state index contributed by atoms with van der Waals surface area (Å²) in [6.07, 6.45) is 4.27. The number of piperidine rings is 1. The highest BCUT2D eigenvalue weighted by atomic mass is 32.2. The fourth-order valence-electron chi connectivity index (χ4n) is 8.32. The van der Waals surface area contributed by atoms with Crippen LogP contribution in [0.1, 0.15) is 33.1 Å². The van der Waals surface area contributed by atoms with E-state index in [1.54, 1.807) is 6.92 Å². The van der Waals surface area contributed by atoms with Crippen LogP contribution in [-0.4, -0.2) is 114 Å². The molecule has 6 aliphatic rings. The van der Waals surface area contributed by atoms with Gasteiger partial charge in [-0.3, -0.25) is 14.4 Å². The second kappa shape index (κ2) is 9.76. The molecule has 1 saturated carbocycles. The topological polar surface area (TPSA) is 175 Å². The van der Waals surface area contributed by atoms with Gasteiger partial charge < -0.3 is 30.9 Å². The summed E-state index contributed by atoms with van der Waals surface area (Å²) in [6.45, 7) is 6.90. The maximum Gasteiger partial charge on any atom is 0.353 e. The van der Waals surface area contributed by atoms with E-state index in [0.29, 0.717) is 29.8 Å². The van der Waals surface area contributed by atoms with Crippen LogP contribution in [0.3, 0.4) is 0 Å². The van der Waals surface area contributed by atoms with Gasteiger partial charge in [0, 0.05) is 59.8 Å². The van der Waals surface area contributed by atoms with Crippen molar-refractivity contribution in [3.8, 4) is 0 Å². The second-order valence-electron chi connectivity index (χ2n) is 12.6. The van der Waals surface area contributed by atoms with Crippen molar-refractivity contribution >= 4 is 35.5 Å². The number of thioether (sulfide) groups is 1. The van der Waals surface area contributed by atoms with Gasteiger partial charge in [0.1, 0.15) is 18.6 Å². The van der Waals surface area contributed by atoms with E-state index in [4.69, 9.17) is 0 Å². The summed E-state index contributed by atoms with van der Waals surface area (Å²) in [7, 11) is 0. The molecule has 0 aromatic carbocycles. The molecular weight excluding hydrogens is 550 g/mol. The molecular formula is C26H35N9O5S. The SMILES string of the molecule is CC(NC(=O)Cn1cnnn1)[C@H]1C(=O)N2C(C(=O)O)=C(S[C@@H]3CN[C@H](C(=O)N4CC5C[C@H]6C[C@@]5(CN6)C4)C3)[C@H](C)[C@H]12. The first kappa shape index (κ1) is 26.8. The summed E-state index contributed by atoms with van der Waals surface area (Å²) >= 11 is 1.48. The number of rotatable bonds is 8. The normalized spacial score (nSPS) is 37.8. The van der Waals surface area contributed by atoms with Crippen LogP contribution in [0.5, 0.6) is 0 Å². The van der Waals surface area contributed by atoms with Crippen LogP contribution < -0.4 is 16.0 Å². The van der Waals surface area contributed by atoms with Crippen molar-refractivity contribution in [3.63, 3.8) is 0 Å². The number of likely N-dealkylation sites (tertiary alicyclic amines) is 1. The Kier molecular flexibility index (Phi) is 6.39. The van der Waals surface area contributed by atoms with Crippen molar-refractivity contribution in [1.29, 1.82) is 0 Å². The molecule has 14 nitrogen and oxygen atoms in total. The smallest absolute Gasteiger partial charge is 0.353 e.